The predicted molar refractivity (Wildman–Crippen MR) is 286 cm³/mol. The molecule has 0 heterocycles. The lowest BCUT2D eigenvalue weighted by Crippen LogP contribution is -2.45. The van der Waals surface area contributed by atoms with Gasteiger partial charge in [0.2, 0.25) is 5.91 Å². The predicted octanol–water partition coefficient (Wildman–Crippen LogP) is 16.8. The van der Waals surface area contributed by atoms with Crippen LogP contribution < -0.4 is 5.32 Å². The minimum absolute atomic E-state index is 0.0521. The SMILES string of the molecule is CCCCCCCC/C=C\CCCCCCCCCC(=O)NC(COP(=O)(O)OCC[N+](C)(C)C)C(O)/C=C/CC/C=C/CC/C=C/CCCCCCCCCCCCCCCCCCC. The Morgan fingerprint density at radius 2 is 0.833 bits per heavy atom. The first-order chi connectivity index (χ1) is 32.0. The van der Waals surface area contributed by atoms with Crippen LogP contribution in [0, 0.1) is 0 Å². The number of quaternary nitrogens is 1. The summed E-state index contributed by atoms with van der Waals surface area (Å²) in [6, 6.07) is -0.873. The number of carbonyl (C=O) groups is 1. The molecular weight excluding hydrogens is 840 g/mol. The Labute approximate surface area is 409 Å². The Morgan fingerprint density at radius 3 is 1.21 bits per heavy atom. The van der Waals surface area contributed by atoms with Crippen LogP contribution in [-0.4, -0.2) is 73.4 Å². The number of nitrogens with zero attached hydrogens (tertiary/aromatic N) is 1. The highest BCUT2D eigenvalue weighted by Crippen LogP contribution is 2.43. The van der Waals surface area contributed by atoms with Crippen molar-refractivity contribution in [3.05, 3.63) is 48.6 Å². The lowest BCUT2D eigenvalue weighted by atomic mass is 10.0. The average Bonchev–Trinajstić information content (AvgIpc) is 3.28. The van der Waals surface area contributed by atoms with E-state index in [0.29, 0.717) is 17.4 Å². The Balaban J connectivity index is 4.29. The normalized spacial score (nSPS) is 14.3. The van der Waals surface area contributed by atoms with Crippen molar-refractivity contribution >= 4 is 13.7 Å². The van der Waals surface area contributed by atoms with Gasteiger partial charge in [-0.1, -0.05) is 229 Å². The zero-order valence-corrected chi connectivity index (χ0v) is 45.1. The van der Waals surface area contributed by atoms with E-state index < -0.39 is 20.0 Å². The highest BCUT2D eigenvalue weighted by molar-refractivity contribution is 7.47. The van der Waals surface area contributed by atoms with Crippen molar-refractivity contribution < 1.29 is 32.9 Å². The van der Waals surface area contributed by atoms with Crippen molar-refractivity contribution in [2.45, 2.75) is 270 Å². The molecule has 0 radical (unpaired) electrons. The molecular formula is C57H110N2O6P+. The summed E-state index contributed by atoms with van der Waals surface area (Å²) in [6.07, 6.45) is 63.6. The van der Waals surface area contributed by atoms with Gasteiger partial charge in [0.05, 0.1) is 39.9 Å². The first kappa shape index (κ1) is 64.5. The maximum absolute atomic E-state index is 12.9. The average molecular weight is 950 g/mol. The fourth-order valence-corrected chi connectivity index (χ4v) is 8.81. The van der Waals surface area contributed by atoms with Crippen molar-refractivity contribution in [2.75, 3.05) is 40.9 Å². The Kier molecular flexibility index (Phi) is 47.4. The molecule has 0 aliphatic rings. The number of allylic oxidation sites excluding steroid dienone is 7. The van der Waals surface area contributed by atoms with E-state index in [1.807, 2.05) is 27.2 Å². The number of unbranched alkanes of at least 4 members (excludes halogenated alkanes) is 32. The minimum atomic E-state index is -4.36. The third kappa shape index (κ3) is 50.3. The van der Waals surface area contributed by atoms with E-state index in [4.69, 9.17) is 9.05 Å². The van der Waals surface area contributed by atoms with Gasteiger partial charge in [0.1, 0.15) is 13.2 Å². The summed E-state index contributed by atoms with van der Waals surface area (Å²) in [6.45, 7) is 4.80. The standard InChI is InChI=1S/C57H109N2O6P/c1-6-8-10-12-14-16-18-20-22-24-25-26-27-28-29-30-31-32-33-35-36-38-40-42-44-46-48-50-56(60)55(54-65-66(62,63)64-53-52-59(3,4)5)58-57(61)51-49-47-45-43-41-39-37-34-23-21-19-17-15-13-11-9-7-2/h21,23,33,35,40,42,48,50,55-56,60H,6-20,22,24-32,34,36-39,41,43-47,49,51-54H2,1-5H3,(H-,58,61,62,63)/p+1/b23-21-,35-33+,42-40+,50-48+. The molecule has 0 aromatic carbocycles. The van der Waals surface area contributed by atoms with Crippen molar-refractivity contribution in [1.82, 2.24) is 5.32 Å². The fourth-order valence-electron chi connectivity index (χ4n) is 8.07. The fraction of sp³-hybridized carbons (Fsp3) is 0.842. The van der Waals surface area contributed by atoms with E-state index >= 15 is 0 Å². The van der Waals surface area contributed by atoms with Crippen LogP contribution in [0.15, 0.2) is 48.6 Å². The summed E-state index contributed by atoms with van der Waals surface area (Å²) in [5.41, 5.74) is 0. The third-order valence-electron chi connectivity index (χ3n) is 12.5. The summed E-state index contributed by atoms with van der Waals surface area (Å²) in [7, 11) is 1.55. The van der Waals surface area contributed by atoms with E-state index in [-0.39, 0.29) is 19.1 Å². The Hall–Kier alpha value is -1.54. The van der Waals surface area contributed by atoms with Gasteiger partial charge in [-0.25, -0.2) is 4.57 Å². The van der Waals surface area contributed by atoms with Crippen LogP contribution >= 0.6 is 7.82 Å². The molecule has 0 saturated carbocycles. The maximum Gasteiger partial charge on any atom is 0.472 e. The van der Waals surface area contributed by atoms with Crippen molar-refractivity contribution in [1.29, 1.82) is 0 Å². The van der Waals surface area contributed by atoms with E-state index in [2.05, 4.69) is 55.6 Å². The summed E-state index contributed by atoms with van der Waals surface area (Å²) in [5, 5.41) is 13.9. The molecule has 9 heteroatoms. The van der Waals surface area contributed by atoms with Gasteiger partial charge in [0.25, 0.3) is 0 Å². The molecule has 0 spiro atoms. The molecule has 0 fully saturated rings. The molecule has 0 bridgehead atoms. The molecule has 66 heavy (non-hydrogen) atoms. The second-order valence-electron chi connectivity index (χ2n) is 20.3. The number of hydrogen-bond acceptors (Lipinski definition) is 5. The van der Waals surface area contributed by atoms with Crippen LogP contribution in [-0.2, 0) is 18.4 Å². The topological polar surface area (TPSA) is 105 Å². The first-order valence-corrected chi connectivity index (χ1v) is 29.5. The molecule has 0 aromatic heterocycles. The zero-order valence-electron chi connectivity index (χ0n) is 44.2. The van der Waals surface area contributed by atoms with E-state index in [1.54, 1.807) is 6.08 Å². The molecule has 0 aliphatic heterocycles. The minimum Gasteiger partial charge on any atom is -0.387 e. The molecule has 388 valence electrons. The van der Waals surface area contributed by atoms with Crippen LogP contribution in [0.3, 0.4) is 0 Å². The molecule has 0 saturated heterocycles. The van der Waals surface area contributed by atoms with Crippen LogP contribution in [0.4, 0.5) is 0 Å². The number of aliphatic hydroxyl groups excluding tert-OH is 1. The molecule has 0 aromatic rings. The number of nitrogens with one attached hydrogen (secondary N) is 1. The first-order valence-electron chi connectivity index (χ1n) is 28.0. The van der Waals surface area contributed by atoms with Gasteiger partial charge in [0, 0.05) is 6.42 Å². The lowest BCUT2D eigenvalue weighted by Gasteiger charge is -2.25. The number of carbonyl (C=O) groups excluding carboxylic acids is 1. The van der Waals surface area contributed by atoms with Gasteiger partial charge in [0.15, 0.2) is 0 Å². The van der Waals surface area contributed by atoms with Gasteiger partial charge in [-0.3, -0.25) is 13.8 Å². The van der Waals surface area contributed by atoms with Crippen LogP contribution in [0.2, 0.25) is 0 Å². The Morgan fingerprint density at radius 1 is 0.500 bits per heavy atom. The second kappa shape index (κ2) is 48.5. The molecule has 0 aliphatic carbocycles. The third-order valence-corrected chi connectivity index (χ3v) is 13.5. The van der Waals surface area contributed by atoms with E-state index in [1.165, 1.54) is 193 Å². The number of aliphatic hydroxyl groups is 1. The van der Waals surface area contributed by atoms with Gasteiger partial charge in [-0.15, -0.1) is 0 Å². The molecule has 3 N–H and O–H groups in total. The summed E-state index contributed by atoms with van der Waals surface area (Å²) >= 11 is 0. The highest BCUT2D eigenvalue weighted by atomic mass is 31.2. The molecule has 3 atom stereocenters. The second-order valence-corrected chi connectivity index (χ2v) is 21.7. The maximum atomic E-state index is 12.9. The van der Waals surface area contributed by atoms with Crippen LogP contribution in [0.1, 0.15) is 258 Å². The number of amides is 1. The molecule has 8 nitrogen and oxygen atoms in total. The lowest BCUT2D eigenvalue weighted by molar-refractivity contribution is -0.870. The summed E-state index contributed by atoms with van der Waals surface area (Å²) in [4.78, 5) is 23.2. The van der Waals surface area contributed by atoms with Gasteiger partial charge in [-0.2, -0.15) is 0 Å². The van der Waals surface area contributed by atoms with Crippen molar-refractivity contribution in [3.8, 4) is 0 Å². The smallest absolute Gasteiger partial charge is 0.387 e. The zero-order chi connectivity index (χ0) is 48.5. The monoisotopic (exact) mass is 950 g/mol. The molecule has 0 rings (SSSR count). The number of likely N-dealkylation sites (N-methyl/N-ethyl adjacent to an activating group) is 1. The van der Waals surface area contributed by atoms with Gasteiger partial charge >= 0.3 is 7.82 Å². The quantitative estimate of drug-likeness (QED) is 0.0243. The molecule has 3 unspecified atom stereocenters. The summed E-state index contributed by atoms with van der Waals surface area (Å²) in [5.74, 6) is -0.195. The largest absolute Gasteiger partial charge is 0.472 e. The van der Waals surface area contributed by atoms with Gasteiger partial charge in [-0.05, 0) is 70.6 Å². The number of rotatable bonds is 51. The van der Waals surface area contributed by atoms with E-state index in [9.17, 15) is 19.4 Å². The number of hydrogen-bond donors (Lipinski definition) is 3. The highest BCUT2D eigenvalue weighted by Gasteiger charge is 2.27. The van der Waals surface area contributed by atoms with Gasteiger partial charge < -0.3 is 19.8 Å². The Bertz CT molecular complexity index is 1210. The van der Waals surface area contributed by atoms with Crippen molar-refractivity contribution in [3.63, 3.8) is 0 Å². The number of phosphoric ester groups is 1. The van der Waals surface area contributed by atoms with Crippen LogP contribution in [0.5, 0.6) is 0 Å². The van der Waals surface area contributed by atoms with Crippen LogP contribution in [0.25, 0.3) is 0 Å². The summed E-state index contributed by atoms with van der Waals surface area (Å²) < 4.78 is 23.7. The molecule has 1 amide bonds. The van der Waals surface area contributed by atoms with Crippen molar-refractivity contribution in [2.24, 2.45) is 0 Å². The number of phosphoric acid groups is 1. The van der Waals surface area contributed by atoms with E-state index in [0.717, 1.165) is 44.9 Å².